The third-order valence-electron chi connectivity index (χ3n) is 9.31. The highest BCUT2D eigenvalue weighted by Gasteiger charge is 2.20. The summed E-state index contributed by atoms with van der Waals surface area (Å²) in [5, 5.41) is 8.12. The van der Waals surface area contributed by atoms with E-state index in [0.29, 0.717) is 56.3 Å². The van der Waals surface area contributed by atoms with Crippen LogP contribution in [0, 0.1) is 0 Å². The van der Waals surface area contributed by atoms with Gasteiger partial charge in [-0.2, -0.15) is 0 Å². The van der Waals surface area contributed by atoms with Crippen molar-refractivity contribution in [3.05, 3.63) is 118 Å². The van der Waals surface area contributed by atoms with Crippen LogP contribution in [0.4, 0.5) is 11.4 Å². The summed E-state index contributed by atoms with van der Waals surface area (Å²) < 4.78 is 57.8. The molecule has 0 aliphatic carbocycles. The van der Waals surface area contributed by atoms with E-state index in [1.54, 1.807) is 73.1 Å². The number of hydrogen-bond acceptors (Lipinski definition) is 6. The van der Waals surface area contributed by atoms with E-state index in [1.807, 2.05) is 0 Å². The molecule has 2 aromatic heterocycles. The van der Waals surface area contributed by atoms with Crippen LogP contribution in [0.1, 0.15) is 72.1 Å². The predicted molar refractivity (Wildman–Crippen MR) is 223 cm³/mol. The Morgan fingerprint density at radius 1 is 0.518 bits per heavy atom. The molecule has 0 aliphatic rings. The molecule has 0 unspecified atom stereocenters. The smallest absolute Gasteiger partial charge is 0.261 e. The number of aromatic amines is 2. The first-order valence-electron chi connectivity index (χ1n) is 18.3. The van der Waals surface area contributed by atoms with E-state index in [2.05, 4.69) is 30.0 Å². The molecule has 0 atom stereocenters. The Morgan fingerprint density at radius 2 is 0.893 bits per heavy atom. The number of sulfonamides is 2. The van der Waals surface area contributed by atoms with E-state index >= 15 is 0 Å². The number of amides is 2. The second-order valence-corrected chi connectivity index (χ2v) is 17.5. The highest BCUT2D eigenvalue weighted by molar-refractivity contribution is 7.93. The molecule has 294 valence electrons. The first-order chi connectivity index (χ1) is 26.9. The highest BCUT2D eigenvalue weighted by atomic mass is 35.5. The van der Waals surface area contributed by atoms with Gasteiger partial charge in [0.2, 0.25) is 0 Å². The molecule has 0 fully saturated rings. The van der Waals surface area contributed by atoms with Gasteiger partial charge in [0.15, 0.2) is 0 Å². The molecule has 16 heteroatoms. The summed E-state index contributed by atoms with van der Waals surface area (Å²) in [5.74, 6) is -0.677. The SMILES string of the molecule is O=C(NCCCCCCCCCCNC(=O)c1cccc(S(=O)(=O)Nc2cccc3c(Cl)c[nH]c23)c1)c1cccc(S(=O)(=O)Nc2cccc3c(Cl)c[nH]c23)c1. The lowest BCUT2D eigenvalue weighted by molar-refractivity contribution is 0.0944. The molecule has 6 aromatic rings. The second kappa shape index (κ2) is 18.3. The van der Waals surface area contributed by atoms with Crippen molar-refractivity contribution < 1.29 is 26.4 Å². The quantitative estimate of drug-likeness (QED) is 0.0443. The summed E-state index contributed by atoms with van der Waals surface area (Å²) in [6.07, 6.45) is 10.8. The normalized spacial score (nSPS) is 11.8. The number of rotatable bonds is 19. The van der Waals surface area contributed by atoms with Gasteiger partial charge < -0.3 is 20.6 Å². The zero-order valence-corrected chi connectivity index (χ0v) is 33.5. The fourth-order valence-corrected chi connectivity index (χ4v) is 9.00. The van der Waals surface area contributed by atoms with Crippen molar-refractivity contribution >= 4 is 88.2 Å². The van der Waals surface area contributed by atoms with Crippen LogP contribution in [0.2, 0.25) is 10.0 Å². The van der Waals surface area contributed by atoms with E-state index in [1.165, 1.54) is 24.3 Å². The average Bonchev–Trinajstić information content (AvgIpc) is 3.77. The second-order valence-electron chi connectivity index (χ2n) is 13.3. The van der Waals surface area contributed by atoms with Gasteiger partial charge in [-0.25, -0.2) is 16.8 Å². The largest absolute Gasteiger partial charge is 0.358 e. The molecule has 0 radical (unpaired) electrons. The molecule has 0 saturated heterocycles. The van der Waals surface area contributed by atoms with Crippen LogP contribution in [-0.2, 0) is 20.0 Å². The molecule has 0 aliphatic heterocycles. The minimum Gasteiger partial charge on any atom is -0.358 e. The van der Waals surface area contributed by atoms with E-state index in [9.17, 15) is 26.4 Å². The van der Waals surface area contributed by atoms with Gasteiger partial charge in [-0.3, -0.25) is 19.0 Å². The van der Waals surface area contributed by atoms with Crippen molar-refractivity contribution in [1.82, 2.24) is 20.6 Å². The third-order valence-corrected chi connectivity index (χ3v) is 12.7. The Bertz CT molecular complexity index is 2400. The zero-order valence-electron chi connectivity index (χ0n) is 30.3. The predicted octanol–water partition coefficient (Wildman–Crippen LogP) is 8.84. The van der Waals surface area contributed by atoms with Crippen molar-refractivity contribution in [3.63, 3.8) is 0 Å². The van der Waals surface area contributed by atoms with Gasteiger partial charge in [-0.05, 0) is 61.4 Å². The summed E-state index contributed by atoms with van der Waals surface area (Å²) in [6, 6.07) is 22.1. The minimum atomic E-state index is -3.97. The number of anilines is 2. The first-order valence-corrected chi connectivity index (χ1v) is 22.0. The van der Waals surface area contributed by atoms with Crippen molar-refractivity contribution in [2.24, 2.45) is 0 Å². The molecule has 0 bridgehead atoms. The summed E-state index contributed by atoms with van der Waals surface area (Å²) in [6.45, 7) is 0.960. The van der Waals surface area contributed by atoms with E-state index in [4.69, 9.17) is 23.2 Å². The maximum atomic E-state index is 13.1. The maximum absolute atomic E-state index is 13.1. The minimum absolute atomic E-state index is 0.0249. The number of fused-ring (bicyclic) bond motifs is 2. The average molecular weight is 838 g/mol. The number of unbranched alkanes of at least 4 members (excludes halogenated alkanes) is 7. The zero-order chi connectivity index (χ0) is 39.7. The van der Waals surface area contributed by atoms with Crippen LogP contribution >= 0.6 is 23.2 Å². The fourth-order valence-electron chi connectivity index (χ4n) is 6.35. The standard InChI is InChI=1S/C40H42Cl2N6O6S2/c41-33-25-45-37-31(33)17-11-19-35(37)47-55(51,52)29-15-9-13-27(23-29)39(49)43-21-7-5-3-1-2-4-6-8-22-44-40(50)28-14-10-16-30(24-28)56(53,54)48-36-20-12-18-32-34(42)26-46-38(32)36/h9-20,23-26,45-48H,1-8,21-22H2,(H,43,49)(H,44,50). The third kappa shape index (κ3) is 10.0. The molecular formula is C40H42Cl2N6O6S2. The van der Waals surface area contributed by atoms with Crippen LogP contribution in [0.3, 0.4) is 0 Å². The number of H-pyrrole nitrogens is 2. The van der Waals surface area contributed by atoms with Crippen molar-refractivity contribution in [2.75, 3.05) is 22.5 Å². The van der Waals surface area contributed by atoms with E-state index < -0.39 is 20.0 Å². The van der Waals surface area contributed by atoms with Crippen molar-refractivity contribution in [2.45, 2.75) is 61.2 Å². The molecule has 0 spiro atoms. The number of halogens is 2. The molecule has 12 nitrogen and oxygen atoms in total. The van der Waals surface area contributed by atoms with Crippen LogP contribution < -0.4 is 20.1 Å². The van der Waals surface area contributed by atoms with Gasteiger partial charge in [-0.15, -0.1) is 0 Å². The Labute approximate surface area is 335 Å². The summed E-state index contributed by atoms with van der Waals surface area (Å²) in [7, 11) is -7.93. The molecular weight excluding hydrogens is 796 g/mol. The monoisotopic (exact) mass is 836 g/mol. The van der Waals surface area contributed by atoms with Crippen LogP contribution in [0.25, 0.3) is 21.8 Å². The van der Waals surface area contributed by atoms with Crippen LogP contribution in [-0.4, -0.2) is 51.7 Å². The first kappa shape index (κ1) is 40.6. The van der Waals surface area contributed by atoms with Gasteiger partial charge in [-0.1, -0.05) is 98.1 Å². The Kier molecular flexibility index (Phi) is 13.3. The van der Waals surface area contributed by atoms with Gasteiger partial charge >= 0.3 is 0 Å². The molecule has 6 N–H and O–H groups in total. The molecule has 4 aromatic carbocycles. The molecule has 2 amide bonds. The number of aromatic nitrogens is 2. The molecule has 2 heterocycles. The number of carbonyl (C=O) groups excluding carboxylic acids is 2. The lowest BCUT2D eigenvalue weighted by Crippen LogP contribution is -2.25. The topological polar surface area (TPSA) is 182 Å². The summed E-state index contributed by atoms with van der Waals surface area (Å²) in [5.41, 5.74) is 2.36. The Morgan fingerprint density at radius 3 is 1.30 bits per heavy atom. The van der Waals surface area contributed by atoms with Crippen LogP contribution in [0.5, 0.6) is 0 Å². The number of hydrogen-bond donors (Lipinski definition) is 6. The van der Waals surface area contributed by atoms with Gasteiger partial charge in [0.05, 0.1) is 42.2 Å². The number of nitrogens with one attached hydrogen (secondary N) is 6. The lowest BCUT2D eigenvalue weighted by atomic mass is 10.1. The van der Waals surface area contributed by atoms with E-state index in [0.717, 1.165) is 51.4 Å². The maximum Gasteiger partial charge on any atom is 0.261 e. The van der Waals surface area contributed by atoms with E-state index in [-0.39, 0.29) is 32.7 Å². The summed E-state index contributed by atoms with van der Waals surface area (Å²) in [4.78, 5) is 31.5. The number of carbonyl (C=O) groups is 2. The fraction of sp³-hybridized carbons (Fsp3) is 0.250. The number of benzene rings is 4. The lowest BCUT2D eigenvalue weighted by Gasteiger charge is -2.11. The molecule has 6 rings (SSSR count). The highest BCUT2D eigenvalue weighted by Crippen LogP contribution is 2.31. The van der Waals surface area contributed by atoms with Crippen LogP contribution in [0.15, 0.2) is 107 Å². The van der Waals surface area contributed by atoms with Gasteiger partial charge in [0.25, 0.3) is 31.9 Å². The molecule has 0 saturated carbocycles. The van der Waals surface area contributed by atoms with Crippen molar-refractivity contribution in [3.8, 4) is 0 Å². The number of para-hydroxylation sites is 2. The Hall–Kier alpha value is -5.02. The molecule has 56 heavy (non-hydrogen) atoms. The Balaban J connectivity index is 0.839. The summed E-state index contributed by atoms with van der Waals surface area (Å²) >= 11 is 12.3. The van der Waals surface area contributed by atoms with Gasteiger partial charge in [0.1, 0.15) is 0 Å². The van der Waals surface area contributed by atoms with Crippen molar-refractivity contribution in [1.29, 1.82) is 0 Å². The van der Waals surface area contributed by atoms with Gasteiger partial charge in [0, 0.05) is 47.4 Å².